The highest BCUT2D eigenvalue weighted by Gasteiger charge is 2.31. The summed E-state index contributed by atoms with van der Waals surface area (Å²) in [6.45, 7) is 9.45. The van der Waals surface area contributed by atoms with Crippen LogP contribution in [0, 0.1) is 5.41 Å². The number of hydrogen-bond donors (Lipinski definition) is 1. The van der Waals surface area contributed by atoms with Crippen LogP contribution < -0.4 is 0 Å². The number of benzene rings is 2. The fraction of sp³-hybridized carbons (Fsp3) is 0.333. The summed E-state index contributed by atoms with van der Waals surface area (Å²) in [6.07, 6.45) is 1.87. The molecule has 1 atom stereocenters. The first-order valence-corrected chi connectivity index (χ1v) is 8.27. The van der Waals surface area contributed by atoms with Gasteiger partial charge in [0.25, 0.3) is 0 Å². The lowest BCUT2D eigenvalue weighted by Gasteiger charge is -2.36. The lowest BCUT2D eigenvalue weighted by atomic mass is 9.84. The van der Waals surface area contributed by atoms with Crippen LogP contribution in [0.5, 0.6) is 0 Å². The van der Waals surface area contributed by atoms with Crippen LogP contribution in [-0.2, 0) is 17.9 Å². The third kappa shape index (κ3) is 5.31. The van der Waals surface area contributed by atoms with E-state index < -0.39 is 0 Å². The highest BCUT2D eigenvalue weighted by atomic mass is 16.5. The predicted molar refractivity (Wildman–Crippen MR) is 97.6 cm³/mol. The average Bonchev–Trinajstić information content (AvgIpc) is 2.60. The van der Waals surface area contributed by atoms with E-state index in [0.29, 0.717) is 19.8 Å². The topological polar surface area (TPSA) is 32.7 Å². The Balaban J connectivity index is 2.00. The predicted octanol–water partition coefficient (Wildman–Crippen LogP) is 4.68. The molecule has 0 saturated carbocycles. The van der Waals surface area contributed by atoms with E-state index in [1.807, 2.05) is 66.7 Å². The Hall–Kier alpha value is -1.94. The third-order valence-corrected chi connectivity index (χ3v) is 4.32. The van der Waals surface area contributed by atoms with Crippen LogP contribution in [-0.4, -0.2) is 22.9 Å². The van der Waals surface area contributed by atoms with Crippen molar-refractivity contribution in [3.63, 3.8) is 0 Å². The summed E-state index contributed by atoms with van der Waals surface area (Å²) in [5, 5.41) is 12.0. The van der Waals surface area contributed by atoms with Gasteiger partial charge in [0, 0.05) is 12.0 Å². The molecule has 2 aromatic carbocycles. The third-order valence-electron chi connectivity index (χ3n) is 4.32. The fourth-order valence-corrected chi connectivity index (χ4v) is 2.56. The molecule has 3 heteroatoms. The van der Waals surface area contributed by atoms with Gasteiger partial charge in [-0.15, -0.1) is 6.58 Å². The minimum absolute atomic E-state index is 0.182. The number of ether oxygens (including phenoxy) is 1. The smallest absolute Gasteiger partial charge is 0.0717 e. The standard InChI is InChI=1S/C21H27NO2/c1-4-21(2,3)20(17-24-16-19-13-9-6-10-14-19)22(23)15-18-11-7-5-8-12-18/h4-14,20,23H,1,15-17H2,2-3H3. The van der Waals surface area contributed by atoms with Crippen LogP contribution in [0.1, 0.15) is 25.0 Å². The second-order valence-corrected chi connectivity index (χ2v) is 6.63. The molecule has 128 valence electrons. The lowest BCUT2D eigenvalue weighted by Crippen LogP contribution is -2.45. The molecule has 1 unspecified atom stereocenters. The molecular weight excluding hydrogens is 298 g/mol. The van der Waals surface area contributed by atoms with Gasteiger partial charge in [-0.3, -0.25) is 0 Å². The molecular formula is C21H27NO2. The first kappa shape index (κ1) is 18.4. The summed E-state index contributed by atoms with van der Waals surface area (Å²) < 4.78 is 5.88. The minimum atomic E-state index is -0.278. The van der Waals surface area contributed by atoms with Crippen molar-refractivity contribution >= 4 is 0 Å². The van der Waals surface area contributed by atoms with Crippen LogP contribution in [0.3, 0.4) is 0 Å². The van der Waals surface area contributed by atoms with Crippen LogP contribution >= 0.6 is 0 Å². The molecule has 0 aromatic heterocycles. The maximum atomic E-state index is 10.6. The maximum Gasteiger partial charge on any atom is 0.0717 e. The van der Waals surface area contributed by atoms with Gasteiger partial charge in [0.1, 0.15) is 0 Å². The van der Waals surface area contributed by atoms with Crippen LogP contribution in [0.4, 0.5) is 0 Å². The highest BCUT2D eigenvalue weighted by molar-refractivity contribution is 5.15. The second-order valence-electron chi connectivity index (χ2n) is 6.63. The molecule has 0 spiro atoms. The van der Waals surface area contributed by atoms with E-state index in [-0.39, 0.29) is 11.5 Å². The molecule has 3 nitrogen and oxygen atoms in total. The quantitative estimate of drug-likeness (QED) is 0.537. The number of rotatable bonds is 9. The molecule has 0 radical (unpaired) electrons. The molecule has 0 bridgehead atoms. The zero-order chi connectivity index (χ0) is 17.4. The van der Waals surface area contributed by atoms with Crippen molar-refractivity contribution < 1.29 is 9.94 Å². The normalized spacial score (nSPS) is 13.0. The fourth-order valence-electron chi connectivity index (χ4n) is 2.56. The molecule has 24 heavy (non-hydrogen) atoms. The first-order valence-electron chi connectivity index (χ1n) is 8.27. The lowest BCUT2D eigenvalue weighted by molar-refractivity contribution is -0.174. The molecule has 2 aromatic rings. The van der Waals surface area contributed by atoms with Crippen molar-refractivity contribution in [2.24, 2.45) is 5.41 Å². The molecule has 0 aliphatic rings. The summed E-state index contributed by atoms with van der Waals surface area (Å²) in [5.74, 6) is 0. The van der Waals surface area contributed by atoms with E-state index in [9.17, 15) is 5.21 Å². The van der Waals surface area contributed by atoms with Crippen molar-refractivity contribution in [3.8, 4) is 0 Å². The summed E-state index contributed by atoms with van der Waals surface area (Å²) >= 11 is 0. The molecule has 0 fully saturated rings. The SMILES string of the molecule is C=CC(C)(C)C(COCc1ccccc1)N(O)Cc1ccccc1. The molecule has 0 aliphatic heterocycles. The van der Waals surface area contributed by atoms with Gasteiger partial charge >= 0.3 is 0 Å². The largest absolute Gasteiger partial charge is 0.375 e. The molecule has 2 rings (SSSR count). The van der Waals surface area contributed by atoms with Crippen LogP contribution in [0.25, 0.3) is 0 Å². The van der Waals surface area contributed by atoms with Crippen molar-refractivity contribution in [1.29, 1.82) is 0 Å². The Kier molecular flexibility index (Phi) is 6.73. The summed E-state index contributed by atoms with van der Waals surface area (Å²) in [5.41, 5.74) is 1.91. The molecule has 0 saturated heterocycles. The zero-order valence-corrected chi connectivity index (χ0v) is 14.6. The Labute approximate surface area is 145 Å². The monoisotopic (exact) mass is 325 g/mol. The first-order chi connectivity index (χ1) is 11.5. The van der Waals surface area contributed by atoms with Gasteiger partial charge < -0.3 is 9.94 Å². The van der Waals surface area contributed by atoms with E-state index in [0.717, 1.165) is 11.1 Å². The van der Waals surface area contributed by atoms with Gasteiger partial charge in [-0.25, -0.2) is 0 Å². The number of nitrogens with zero attached hydrogens (tertiary/aromatic N) is 1. The van der Waals surface area contributed by atoms with Gasteiger partial charge in [0.05, 0.1) is 19.3 Å². The van der Waals surface area contributed by atoms with Crippen molar-refractivity contribution in [2.75, 3.05) is 6.61 Å². The molecule has 1 N–H and O–H groups in total. The number of hydroxylamine groups is 2. The van der Waals surface area contributed by atoms with E-state index in [1.165, 1.54) is 5.06 Å². The van der Waals surface area contributed by atoms with E-state index >= 15 is 0 Å². The van der Waals surface area contributed by atoms with Gasteiger partial charge in [0.2, 0.25) is 0 Å². The zero-order valence-electron chi connectivity index (χ0n) is 14.6. The highest BCUT2D eigenvalue weighted by Crippen LogP contribution is 2.27. The Bertz CT molecular complexity index is 610. The Morgan fingerprint density at radius 3 is 2.12 bits per heavy atom. The van der Waals surface area contributed by atoms with Crippen molar-refractivity contribution in [3.05, 3.63) is 84.4 Å². The van der Waals surface area contributed by atoms with Crippen molar-refractivity contribution in [2.45, 2.75) is 33.0 Å². The van der Waals surface area contributed by atoms with E-state index in [4.69, 9.17) is 4.74 Å². The van der Waals surface area contributed by atoms with E-state index in [1.54, 1.807) is 0 Å². The molecule has 0 heterocycles. The molecule has 0 amide bonds. The van der Waals surface area contributed by atoms with Gasteiger partial charge in [-0.05, 0) is 11.1 Å². The average molecular weight is 325 g/mol. The second kappa shape index (κ2) is 8.78. The molecule has 0 aliphatic carbocycles. The van der Waals surface area contributed by atoms with E-state index in [2.05, 4.69) is 20.4 Å². The minimum Gasteiger partial charge on any atom is -0.375 e. The van der Waals surface area contributed by atoms with Crippen LogP contribution in [0.15, 0.2) is 73.3 Å². The number of hydrogen-bond acceptors (Lipinski definition) is 3. The van der Waals surface area contributed by atoms with Gasteiger partial charge in [0.15, 0.2) is 0 Å². The van der Waals surface area contributed by atoms with Crippen molar-refractivity contribution in [1.82, 2.24) is 5.06 Å². The van der Waals surface area contributed by atoms with Gasteiger partial charge in [-0.1, -0.05) is 80.6 Å². The summed E-state index contributed by atoms with van der Waals surface area (Å²) in [4.78, 5) is 0. The Morgan fingerprint density at radius 2 is 1.58 bits per heavy atom. The summed E-state index contributed by atoms with van der Waals surface area (Å²) in [7, 11) is 0. The summed E-state index contributed by atoms with van der Waals surface area (Å²) in [6, 6.07) is 19.8. The van der Waals surface area contributed by atoms with Crippen LogP contribution in [0.2, 0.25) is 0 Å². The maximum absolute atomic E-state index is 10.6. The Morgan fingerprint density at radius 1 is 1.04 bits per heavy atom. The van der Waals surface area contributed by atoms with Gasteiger partial charge in [-0.2, -0.15) is 5.06 Å².